The van der Waals surface area contributed by atoms with Crippen LogP contribution in [-0.2, 0) is 11.3 Å². The molecule has 2 aromatic rings. The third-order valence-corrected chi connectivity index (χ3v) is 3.05. The van der Waals surface area contributed by atoms with Gasteiger partial charge in [0.05, 0.1) is 6.61 Å². The topological polar surface area (TPSA) is 87.7 Å². The predicted octanol–water partition coefficient (Wildman–Crippen LogP) is 1.45. The summed E-state index contributed by atoms with van der Waals surface area (Å²) >= 11 is 0. The molecular weight excluding hydrogens is 296 g/mol. The van der Waals surface area contributed by atoms with Crippen LogP contribution >= 0.6 is 0 Å². The zero-order chi connectivity index (χ0) is 16.5. The number of para-hydroxylation sites is 1. The molecule has 0 radical (unpaired) electrons. The number of benzene rings is 2. The fourth-order valence-electron chi connectivity index (χ4n) is 1.87. The first-order valence-corrected chi connectivity index (χ1v) is 7.15. The highest BCUT2D eigenvalue weighted by molar-refractivity contribution is 5.86. The van der Waals surface area contributed by atoms with Crippen LogP contribution in [0.15, 0.2) is 60.7 Å². The first-order chi connectivity index (χ1) is 11.2. The van der Waals surface area contributed by atoms with Crippen molar-refractivity contribution in [3.63, 3.8) is 0 Å². The number of amides is 2. The molecule has 1 atom stereocenters. The number of hydrogen-bond donors (Lipinski definition) is 3. The number of ether oxygens (including phenoxy) is 1. The number of hydrogen-bond acceptors (Lipinski definition) is 4. The molecular formula is C17H18N2O4. The van der Waals surface area contributed by atoms with E-state index in [1.807, 2.05) is 30.3 Å². The molecule has 23 heavy (non-hydrogen) atoms. The molecule has 0 spiro atoms. The van der Waals surface area contributed by atoms with Crippen LogP contribution in [-0.4, -0.2) is 29.8 Å². The van der Waals surface area contributed by atoms with E-state index in [0.29, 0.717) is 12.3 Å². The number of carbonyl (C=O) groups excluding carboxylic acids is 2. The van der Waals surface area contributed by atoms with Gasteiger partial charge in [0.2, 0.25) is 5.91 Å². The number of carbonyl (C=O) groups is 2. The van der Waals surface area contributed by atoms with Crippen LogP contribution in [0.3, 0.4) is 0 Å². The van der Waals surface area contributed by atoms with Crippen LogP contribution in [0.5, 0.6) is 5.75 Å². The molecule has 0 fully saturated rings. The van der Waals surface area contributed by atoms with Crippen molar-refractivity contribution < 1.29 is 19.4 Å². The average Bonchev–Trinajstić information content (AvgIpc) is 2.59. The minimum absolute atomic E-state index is 0.311. The van der Waals surface area contributed by atoms with E-state index in [4.69, 9.17) is 4.74 Å². The van der Waals surface area contributed by atoms with Gasteiger partial charge < -0.3 is 20.5 Å². The monoisotopic (exact) mass is 314 g/mol. The molecule has 3 N–H and O–H groups in total. The molecule has 0 aliphatic carbocycles. The first-order valence-electron chi connectivity index (χ1n) is 7.15. The van der Waals surface area contributed by atoms with Gasteiger partial charge in [0, 0.05) is 6.54 Å². The van der Waals surface area contributed by atoms with Gasteiger partial charge in [0.1, 0.15) is 11.8 Å². The van der Waals surface area contributed by atoms with Crippen LogP contribution in [0, 0.1) is 0 Å². The van der Waals surface area contributed by atoms with Gasteiger partial charge in [-0.1, -0.05) is 48.5 Å². The summed E-state index contributed by atoms with van der Waals surface area (Å²) in [7, 11) is 0. The van der Waals surface area contributed by atoms with Crippen molar-refractivity contribution in [3.05, 3.63) is 66.2 Å². The van der Waals surface area contributed by atoms with Crippen molar-refractivity contribution in [1.29, 1.82) is 0 Å². The van der Waals surface area contributed by atoms with E-state index in [2.05, 4.69) is 10.6 Å². The molecule has 0 aliphatic rings. The van der Waals surface area contributed by atoms with E-state index in [9.17, 15) is 14.7 Å². The zero-order valence-electron chi connectivity index (χ0n) is 12.4. The maximum atomic E-state index is 12.0. The second-order valence-corrected chi connectivity index (χ2v) is 4.79. The van der Waals surface area contributed by atoms with E-state index < -0.39 is 24.6 Å². The fourth-order valence-corrected chi connectivity index (χ4v) is 1.87. The summed E-state index contributed by atoms with van der Waals surface area (Å²) < 4.78 is 5.02. The van der Waals surface area contributed by atoms with E-state index >= 15 is 0 Å². The Morgan fingerprint density at radius 1 is 1.00 bits per heavy atom. The average molecular weight is 314 g/mol. The van der Waals surface area contributed by atoms with Crippen molar-refractivity contribution in [2.75, 3.05) is 6.61 Å². The molecule has 2 rings (SSSR count). The number of nitrogens with one attached hydrogen (secondary N) is 2. The molecule has 6 nitrogen and oxygen atoms in total. The van der Waals surface area contributed by atoms with Gasteiger partial charge in [-0.05, 0) is 17.7 Å². The highest BCUT2D eigenvalue weighted by Gasteiger charge is 2.20. The third kappa shape index (κ3) is 5.44. The van der Waals surface area contributed by atoms with Crippen molar-refractivity contribution in [2.45, 2.75) is 12.6 Å². The van der Waals surface area contributed by atoms with E-state index in [1.54, 1.807) is 30.3 Å². The molecule has 0 saturated heterocycles. The SMILES string of the molecule is O=C(NC(CO)C(=O)NCc1ccccc1)Oc1ccccc1. The Morgan fingerprint density at radius 2 is 1.61 bits per heavy atom. The van der Waals surface area contributed by atoms with Gasteiger partial charge >= 0.3 is 6.09 Å². The number of aliphatic hydroxyl groups excluding tert-OH is 1. The van der Waals surface area contributed by atoms with Gasteiger partial charge in [-0.3, -0.25) is 4.79 Å². The van der Waals surface area contributed by atoms with Crippen LogP contribution in [0.25, 0.3) is 0 Å². The van der Waals surface area contributed by atoms with Crippen LogP contribution in [0.4, 0.5) is 4.79 Å². The minimum Gasteiger partial charge on any atom is -0.410 e. The summed E-state index contributed by atoms with van der Waals surface area (Å²) in [6.45, 7) is -0.212. The summed E-state index contributed by atoms with van der Waals surface area (Å²) in [5.74, 6) is -0.132. The van der Waals surface area contributed by atoms with Gasteiger partial charge in [0.25, 0.3) is 0 Å². The normalized spacial score (nSPS) is 11.3. The van der Waals surface area contributed by atoms with Gasteiger partial charge in [0.15, 0.2) is 0 Å². The van der Waals surface area contributed by atoms with Crippen molar-refractivity contribution in [2.24, 2.45) is 0 Å². The molecule has 0 aromatic heterocycles. The number of aliphatic hydroxyl groups is 1. The second kappa shape index (κ2) is 8.55. The van der Waals surface area contributed by atoms with Gasteiger partial charge in [-0.2, -0.15) is 0 Å². The molecule has 1 unspecified atom stereocenters. The highest BCUT2D eigenvalue weighted by atomic mass is 16.6. The Morgan fingerprint density at radius 3 is 2.22 bits per heavy atom. The summed E-state index contributed by atoms with van der Waals surface area (Å²) in [6.07, 6.45) is -0.801. The lowest BCUT2D eigenvalue weighted by Crippen LogP contribution is -2.49. The zero-order valence-corrected chi connectivity index (χ0v) is 12.4. The fraction of sp³-hybridized carbons (Fsp3) is 0.176. The Labute approximate surface area is 134 Å². The molecule has 0 aliphatic heterocycles. The Kier molecular flexibility index (Phi) is 6.14. The lowest BCUT2D eigenvalue weighted by molar-refractivity contribution is -0.124. The maximum Gasteiger partial charge on any atom is 0.413 e. The quantitative estimate of drug-likeness (QED) is 0.753. The van der Waals surface area contributed by atoms with Crippen molar-refractivity contribution in [3.8, 4) is 5.75 Å². The molecule has 0 bridgehead atoms. The Hall–Kier alpha value is -2.86. The third-order valence-electron chi connectivity index (χ3n) is 3.05. The summed E-state index contributed by atoms with van der Waals surface area (Å²) in [5.41, 5.74) is 0.921. The molecule has 2 amide bonds. The largest absolute Gasteiger partial charge is 0.413 e. The minimum atomic E-state index is -1.07. The Balaban J connectivity index is 1.83. The standard InChI is InChI=1S/C17H18N2O4/c20-12-15(16(21)18-11-13-7-3-1-4-8-13)19-17(22)23-14-9-5-2-6-10-14/h1-10,15,20H,11-12H2,(H,18,21)(H,19,22). The van der Waals surface area contributed by atoms with Gasteiger partial charge in [-0.25, -0.2) is 4.79 Å². The van der Waals surface area contributed by atoms with Crippen LogP contribution in [0.1, 0.15) is 5.56 Å². The van der Waals surface area contributed by atoms with Crippen LogP contribution < -0.4 is 15.4 Å². The van der Waals surface area contributed by atoms with Crippen molar-refractivity contribution in [1.82, 2.24) is 10.6 Å². The predicted molar refractivity (Wildman–Crippen MR) is 84.8 cm³/mol. The Bertz CT molecular complexity index is 632. The lowest BCUT2D eigenvalue weighted by atomic mass is 10.2. The van der Waals surface area contributed by atoms with E-state index in [1.165, 1.54) is 0 Å². The van der Waals surface area contributed by atoms with Crippen molar-refractivity contribution >= 4 is 12.0 Å². The van der Waals surface area contributed by atoms with E-state index in [0.717, 1.165) is 5.56 Å². The lowest BCUT2D eigenvalue weighted by Gasteiger charge is -2.16. The molecule has 0 saturated carbocycles. The molecule has 2 aromatic carbocycles. The first kappa shape index (κ1) is 16.5. The summed E-state index contributed by atoms with van der Waals surface area (Å²) in [5, 5.41) is 14.3. The van der Waals surface area contributed by atoms with Gasteiger partial charge in [-0.15, -0.1) is 0 Å². The van der Waals surface area contributed by atoms with Crippen LogP contribution in [0.2, 0.25) is 0 Å². The summed E-state index contributed by atoms with van der Waals surface area (Å²) in [6, 6.07) is 16.7. The smallest absolute Gasteiger partial charge is 0.410 e. The molecule has 6 heteroatoms. The summed E-state index contributed by atoms with van der Waals surface area (Å²) in [4.78, 5) is 23.7. The number of rotatable bonds is 6. The second-order valence-electron chi connectivity index (χ2n) is 4.79. The molecule has 0 heterocycles. The highest BCUT2D eigenvalue weighted by Crippen LogP contribution is 2.08. The van der Waals surface area contributed by atoms with E-state index in [-0.39, 0.29) is 0 Å². The maximum absolute atomic E-state index is 12.0. The molecule has 120 valence electrons.